The van der Waals surface area contributed by atoms with E-state index in [1.807, 2.05) is 19.1 Å². The lowest BCUT2D eigenvalue weighted by Gasteiger charge is -2.16. The number of hydrogen-bond donors (Lipinski definition) is 1. The lowest BCUT2D eigenvalue weighted by molar-refractivity contribution is 0.268. The van der Waals surface area contributed by atoms with E-state index < -0.39 is 0 Å². The monoisotopic (exact) mass is 274 g/mol. The van der Waals surface area contributed by atoms with Crippen LogP contribution in [0, 0.1) is 0 Å². The predicted molar refractivity (Wildman–Crippen MR) is 62.7 cm³/mol. The van der Waals surface area contributed by atoms with E-state index in [0.29, 0.717) is 11.5 Å². The second kappa shape index (κ2) is 5.37. The van der Waals surface area contributed by atoms with Gasteiger partial charge >= 0.3 is 0 Å². The van der Waals surface area contributed by atoms with Crippen LogP contribution in [0.3, 0.4) is 0 Å². The number of benzene rings is 1. The molecule has 0 bridgehead atoms. The number of hydrogen-bond acceptors (Lipinski definition) is 3. The van der Waals surface area contributed by atoms with Crippen LogP contribution in [0.5, 0.6) is 11.5 Å². The van der Waals surface area contributed by atoms with Gasteiger partial charge in [0.05, 0.1) is 14.2 Å². The van der Waals surface area contributed by atoms with E-state index in [2.05, 4.69) is 15.9 Å². The summed E-state index contributed by atoms with van der Waals surface area (Å²) < 4.78 is 11.4. The summed E-state index contributed by atoms with van der Waals surface area (Å²) in [5.41, 5.74) is 0.936. The predicted octanol–water partition coefficient (Wildman–Crippen LogP) is 2.56. The second-order valence-corrected chi connectivity index (χ2v) is 4.23. The number of rotatable bonds is 4. The molecule has 0 aliphatic heterocycles. The molecule has 0 aliphatic carbocycles. The summed E-state index contributed by atoms with van der Waals surface area (Å²) in [5.74, 6) is 1.37. The molecule has 4 heteroatoms. The van der Waals surface area contributed by atoms with E-state index in [0.717, 1.165) is 10.0 Å². The van der Waals surface area contributed by atoms with Gasteiger partial charge in [0.15, 0.2) is 11.5 Å². The van der Waals surface area contributed by atoms with Gasteiger partial charge in [-0.05, 0) is 12.1 Å². The summed E-state index contributed by atoms with van der Waals surface area (Å²) in [5, 5.41) is 9.15. The van der Waals surface area contributed by atoms with Crippen molar-refractivity contribution in [3.8, 4) is 11.5 Å². The Kier molecular flexibility index (Phi) is 4.42. The molecule has 0 aromatic heterocycles. The van der Waals surface area contributed by atoms with Crippen LogP contribution >= 0.6 is 15.9 Å². The molecule has 1 unspecified atom stereocenters. The van der Waals surface area contributed by atoms with Crippen molar-refractivity contribution in [2.45, 2.75) is 12.8 Å². The number of aliphatic hydroxyl groups excluding tert-OH is 1. The van der Waals surface area contributed by atoms with Gasteiger partial charge < -0.3 is 14.6 Å². The zero-order chi connectivity index (χ0) is 11.4. The third-order valence-electron chi connectivity index (χ3n) is 2.28. The first-order valence-corrected chi connectivity index (χ1v) is 5.45. The quantitative estimate of drug-likeness (QED) is 0.917. The Morgan fingerprint density at radius 3 is 2.47 bits per heavy atom. The maximum Gasteiger partial charge on any atom is 0.164 e. The van der Waals surface area contributed by atoms with E-state index in [1.165, 1.54) is 0 Å². The van der Waals surface area contributed by atoms with Crippen molar-refractivity contribution in [2.75, 3.05) is 20.8 Å². The Bertz CT molecular complexity index is 339. The maximum atomic E-state index is 9.15. The molecule has 0 amide bonds. The van der Waals surface area contributed by atoms with Crippen LogP contribution in [-0.2, 0) is 0 Å². The first-order chi connectivity index (χ1) is 7.13. The van der Waals surface area contributed by atoms with Crippen molar-refractivity contribution in [3.05, 3.63) is 22.2 Å². The van der Waals surface area contributed by atoms with Gasteiger partial charge in [0.25, 0.3) is 0 Å². The van der Waals surface area contributed by atoms with Crippen molar-refractivity contribution in [1.82, 2.24) is 0 Å². The lowest BCUT2D eigenvalue weighted by Crippen LogP contribution is -2.03. The van der Waals surface area contributed by atoms with E-state index in [1.54, 1.807) is 14.2 Å². The molecule has 0 saturated heterocycles. The Hall–Kier alpha value is -0.740. The number of halogens is 1. The standard InChI is InChI=1S/C11H15BrO3/c1-7(6-13)9-4-8(12)5-10(14-2)11(9)15-3/h4-5,7,13H,6H2,1-3H3. The van der Waals surface area contributed by atoms with Crippen LogP contribution in [-0.4, -0.2) is 25.9 Å². The van der Waals surface area contributed by atoms with Gasteiger partial charge in [0, 0.05) is 22.6 Å². The molecule has 0 aliphatic rings. The van der Waals surface area contributed by atoms with Crippen LogP contribution in [0.4, 0.5) is 0 Å². The van der Waals surface area contributed by atoms with E-state index in [9.17, 15) is 0 Å². The molecular weight excluding hydrogens is 260 g/mol. The average molecular weight is 275 g/mol. The molecule has 84 valence electrons. The van der Waals surface area contributed by atoms with E-state index in [4.69, 9.17) is 14.6 Å². The highest BCUT2D eigenvalue weighted by Crippen LogP contribution is 2.38. The van der Waals surface area contributed by atoms with E-state index >= 15 is 0 Å². The minimum Gasteiger partial charge on any atom is -0.493 e. The molecule has 1 N–H and O–H groups in total. The molecule has 0 spiro atoms. The molecule has 3 nitrogen and oxygen atoms in total. The van der Waals surface area contributed by atoms with Gasteiger partial charge in [-0.15, -0.1) is 0 Å². The van der Waals surface area contributed by atoms with Crippen LogP contribution in [0.1, 0.15) is 18.4 Å². The van der Waals surface area contributed by atoms with Crippen LogP contribution in [0.25, 0.3) is 0 Å². The molecule has 15 heavy (non-hydrogen) atoms. The summed E-state index contributed by atoms with van der Waals surface area (Å²) in [6, 6.07) is 3.77. The fourth-order valence-corrected chi connectivity index (χ4v) is 1.88. The van der Waals surface area contributed by atoms with Crippen LogP contribution < -0.4 is 9.47 Å². The van der Waals surface area contributed by atoms with Crippen molar-refractivity contribution >= 4 is 15.9 Å². The number of ether oxygens (including phenoxy) is 2. The first kappa shape index (κ1) is 12.3. The summed E-state index contributed by atoms with van der Waals surface area (Å²) in [7, 11) is 3.19. The molecule has 1 atom stereocenters. The summed E-state index contributed by atoms with van der Waals surface area (Å²) >= 11 is 3.40. The normalized spacial score (nSPS) is 12.3. The fraction of sp³-hybridized carbons (Fsp3) is 0.455. The smallest absolute Gasteiger partial charge is 0.164 e. The highest BCUT2D eigenvalue weighted by molar-refractivity contribution is 9.10. The van der Waals surface area contributed by atoms with Crippen molar-refractivity contribution in [2.24, 2.45) is 0 Å². The average Bonchev–Trinajstić information content (AvgIpc) is 2.26. The highest BCUT2D eigenvalue weighted by atomic mass is 79.9. The molecule has 1 rings (SSSR count). The second-order valence-electron chi connectivity index (χ2n) is 3.31. The zero-order valence-electron chi connectivity index (χ0n) is 9.08. The SMILES string of the molecule is COc1cc(Br)cc(C(C)CO)c1OC. The molecule has 0 radical (unpaired) electrons. The maximum absolute atomic E-state index is 9.15. The van der Waals surface area contributed by atoms with E-state index in [-0.39, 0.29) is 12.5 Å². The third-order valence-corrected chi connectivity index (χ3v) is 2.74. The lowest BCUT2D eigenvalue weighted by atomic mass is 10.0. The first-order valence-electron chi connectivity index (χ1n) is 4.66. The van der Waals surface area contributed by atoms with Crippen LogP contribution in [0.2, 0.25) is 0 Å². The highest BCUT2D eigenvalue weighted by Gasteiger charge is 2.16. The Labute approximate surface area is 98.1 Å². The summed E-state index contributed by atoms with van der Waals surface area (Å²) in [4.78, 5) is 0. The number of methoxy groups -OCH3 is 2. The Balaban J connectivity index is 3.28. The third kappa shape index (κ3) is 2.63. The van der Waals surface area contributed by atoms with Gasteiger partial charge in [-0.1, -0.05) is 22.9 Å². The van der Waals surface area contributed by atoms with Gasteiger partial charge in [-0.2, -0.15) is 0 Å². The largest absolute Gasteiger partial charge is 0.493 e. The summed E-state index contributed by atoms with van der Waals surface area (Å²) in [6.45, 7) is 2.01. The Morgan fingerprint density at radius 1 is 1.33 bits per heavy atom. The van der Waals surface area contributed by atoms with Gasteiger partial charge in [-0.3, -0.25) is 0 Å². The molecule has 1 aromatic rings. The topological polar surface area (TPSA) is 38.7 Å². The van der Waals surface area contributed by atoms with Crippen molar-refractivity contribution < 1.29 is 14.6 Å². The number of aliphatic hydroxyl groups is 1. The molecule has 0 heterocycles. The van der Waals surface area contributed by atoms with Crippen molar-refractivity contribution in [1.29, 1.82) is 0 Å². The molecule has 0 saturated carbocycles. The molecular formula is C11H15BrO3. The van der Waals surface area contributed by atoms with Gasteiger partial charge in [0.2, 0.25) is 0 Å². The minimum atomic E-state index is 0.0198. The molecule has 1 aromatic carbocycles. The van der Waals surface area contributed by atoms with Crippen LogP contribution in [0.15, 0.2) is 16.6 Å². The molecule has 0 fully saturated rings. The van der Waals surface area contributed by atoms with Gasteiger partial charge in [0.1, 0.15) is 0 Å². The fourth-order valence-electron chi connectivity index (χ4n) is 1.42. The van der Waals surface area contributed by atoms with Crippen molar-refractivity contribution in [3.63, 3.8) is 0 Å². The van der Waals surface area contributed by atoms with Gasteiger partial charge in [-0.25, -0.2) is 0 Å². The Morgan fingerprint density at radius 2 is 2.00 bits per heavy atom. The summed E-state index contributed by atoms with van der Waals surface area (Å²) in [6.07, 6.45) is 0. The minimum absolute atomic E-state index is 0.0198. The zero-order valence-corrected chi connectivity index (χ0v) is 10.7.